The molecule has 1 unspecified atom stereocenters. The van der Waals surface area contributed by atoms with Crippen LogP contribution in [0.1, 0.15) is 52.9 Å². The number of benzene rings is 1. The molecule has 0 radical (unpaired) electrons. The average Bonchev–Trinajstić information content (AvgIpc) is 2.26. The van der Waals surface area contributed by atoms with Crippen LogP contribution in [-0.4, -0.2) is 11.2 Å². The Balaban J connectivity index is 0.00000289. The van der Waals surface area contributed by atoms with E-state index in [1.165, 1.54) is 11.1 Å². The molecule has 0 spiro atoms. The van der Waals surface area contributed by atoms with Crippen LogP contribution in [0.3, 0.4) is 0 Å². The van der Waals surface area contributed by atoms with E-state index in [1.807, 2.05) is 0 Å². The first-order valence-corrected chi connectivity index (χ1v) is 7.17. The first-order valence-electron chi connectivity index (χ1n) is 6.21. The van der Waals surface area contributed by atoms with Crippen LogP contribution < -0.4 is 18.9 Å². The molecule has 0 bridgehead atoms. The van der Waals surface area contributed by atoms with Crippen LogP contribution in [0.5, 0.6) is 0 Å². The summed E-state index contributed by atoms with van der Waals surface area (Å²) in [6.45, 7) is 12.5. The molecule has 0 fully saturated rings. The zero-order valence-electron chi connectivity index (χ0n) is 12.7. The van der Waals surface area contributed by atoms with Crippen LogP contribution in [0.15, 0.2) is 6.07 Å². The Labute approximate surface area is 125 Å². The van der Waals surface area contributed by atoms with Gasteiger partial charge in [-0.05, 0) is 55.5 Å². The molecule has 0 amide bonds. The number of aryl methyl sites for hydroxylation is 2. The fraction of sp³-hybridized carbons (Fsp3) is 0.533. The normalized spacial score (nSPS) is 12.6. The maximum absolute atomic E-state index is 12.3. The second-order valence-corrected chi connectivity index (χ2v) is 6.37. The number of hydrogen-bond acceptors (Lipinski definition) is 1. The van der Waals surface area contributed by atoms with E-state index in [-0.39, 0.29) is 24.4 Å². The van der Waals surface area contributed by atoms with Crippen molar-refractivity contribution in [3.05, 3.63) is 33.9 Å². The minimum absolute atomic E-state index is 0. The van der Waals surface area contributed by atoms with Crippen molar-refractivity contribution in [2.45, 2.75) is 53.6 Å². The molecule has 0 aliphatic rings. The molecule has 0 saturated heterocycles. The Bertz CT molecular complexity index is 414. The predicted octanol–water partition coefficient (Wildman–Crippen LogP) is 1.81. The molecule has 0 saturated carbocycles. The third kappa shape index (κ3) is 3.96. The second-order valence-electron chi connectivity index (χ2n) is 4.83. The molecule has 1 aromatic carbocycles. The quantitative estimate of drug-likeness (QED) is 0.593. The summed E-state index contributed by atoms with van der Waals surface area (Å²) in [6, 6.07) is 2.17. The second kappa shape index (κ2) is 7.49. The fourth-order valence-corrected chi connectivity index (χ4v) is 2.94. The molecule has 18 heavy (non-hydrogen) atoms. The molecule has 0 aromatic heterocycles. The first kappa shape index (κ1) is 17.9. The molecule has 1 atom stereocenters. The molecule has 1 aromatic rings. The third-order valence-corrected chi connectivity index (χ3v) is 4.77. The van der Waals surface area contributed by atoms with Gasteiger partial charge in [-0.2, -0.15) is 5.66 Å². The number of hydrogen-bond donors (Lipinski definition) is 0. The van der Waals surface area contributed by atoms with Crippen molar-refractivity contribution in [3.63, 3.8) is 0 Å². The summed E-state index contributed by atoms with van der Waals surface area (Å²) in [6.07, 6.45) is 1.05. The van der Waals surface area contributed by atoms with E-state index in [2.05, 4.69) is 47.6 Å². The largest absolute Gasteiger partial charge is 1.00 e. The van der Waals surface area contributed by atoms with Crippen LogP contribution in [0, 0.1) is 27.7 Å². The van der Waals surface area contributed by atoms with Crippen LogP contribution in [-0.2, 0) is 0 Å². The van der Waals surface area contributed by atoms with Gasteiger partial charge < -0.3 is 13.4 Å². The molecule has 0 aliphatic heterocycles. The minimum atomic E-state index is 0. The third-order valence-electron chi connectivity index (χ3n) is 3.51. The maximum Gasteiger partial charge on any atom is 1.00 e. The average molecular weight is 256 g/mol. The standard InChI is InChI=1S/C15H22OP.Li/c1-7-11(4)17-15(16)14-12(5)9(2)8-10(3)13(14)6;/h8,11H,7H2,1-6H3;/q-1;+1. The molecular formula is C15H22LiOP. The molecule has 1 nitrogen and oxygen atoms in total. The zero-order valence-corrected chi connectivity index (χ0v) is 13.6. The Hall–Kier alpha value is -0.0826. The van der Waals surface area contributed by atoms with Crippen LogP contribution in [0.2, 0.25) is 0 Å². The van der Waals surface area contributed by atoms with Crippen molar-refractivity contribution in [2.75, 3.05) is 0 Å². The van der Waals surface area contributed by atoms with Gasteiger partial charge in [-0.15, -0.1) is 0 Å². The van der Waals surface area contributed by atoms with Gasteiger partial charge >= 0.3 is 18.9 Å². The zero-order chi connectivity index (χ0) is 13.2. The molecular weight excluding hydrogens is 234 g/mol. The van der Waals surface area contributed by atoms with E-state index >= 15 is 0 Å². The van der Waals surface area contributed by atoms with E-state index in [0.29, 0.717) is 5.66 Å². The van der Waals surface area contributed by atoms with Gasteiger partial charge in [0.15, 0.2) is 0 Å². The monoisotopic (exact) mass is 256 g/mol. The summed E-state index contributed by atoms with van der Waals surface area (Å²) in [5.41, 5.74) is 6.40. The van der Waals surface area contributed by atoms with E-state index in [0.717, 1.165) is 31.7 Å². The van der Waals surface area contributed by atoms with E-state index < -0.39 is 0 Å². The topological polar surface area (TPSA) is 17.1 Å². The summed E-state index contributed by atoms with van der Waals surface area (Å²) in [5, 5.41) is 0. The van der Waals surface area contributed by atoms with Gasteiger partial charge in [0.05, 0.1) is 0 Å². The Morgan fingerprint density at radius 1 is 1.17 bits per heavy atom. The van der Waals surface area contributed by atoms with Gasteiger partial charge in [0.1, 0.15) is 0 Å². The maximum atomic E-state index is 12.3. The molecule has 0 N–H and O–H groups in total. The van der Waals surface area contributed by atoms with E-state index in [4.69, 9.17) is 0 Å². The Morgan fingerprint density at radius 3 is 2.00 bits per heavy atom. The smallest absolute Gasteiger partial charge is 0.457 e. The van der Waals surface area contributed by atoms with Gasteiger partial charge in [0.25, 0.3) is 0 Å². The fourth-order valence-electron chi connectivity index (χ4n) is 1.89. The summed E-state index contributed by atoms with van der Waals surface area (Å²) < 4.78 is 0. The van der Waals surface area contributed by atoms with Gasteiger partial charge in [-0.25, -0.2) is 0 Å². The van der Waals surface area contributed by atoms with Gasteiger partial charge in [0, 0.05) is 5.52 Å². The molecule has 0 heterocycles. The van der Waals surface area contributed by atoms with Gasteiger partial charge in [-0.1, -0.05) is 26.3 Å². The van der Waals surface area contributed by atoms with Crippen molar-refractivity contribution in [2.24, 2.45) is 0 Å². The Morgan fingerprint density at radius 2 is 1.61 bits per heavy atom. The number of carbonyl (C=O) groups is 1. The van der Waals surface area contributed by atoms with Crippen LogP contribution in [0.4, 0.5) is 0 Å². The SMILES string of the molecule is CCC(C)[P-]C(=O)c1c(C)c(C)cc(C)c1C.[Li+]. The van der Waals surface area contributed by atoms with Crippen molar-refractivity contribution >= 4 is 14.1 Å². The summed E-state index contributed by atoms with van der Waals surface area (Å²) in [5.74, 6) is 0. The molecule has 0 aliphatic carbocycles. The van der Waals surface area contributed by atoms with Crippen molar-refractivity contribution in [1.82, 2.24) is 0 Å². The van der Waals surface area contributed by atoms with Crippen molar-refractivity contribution in [1.29, 1.82) is 0 Å². The van der Waals surface area contributed by atoms with Gasteiger partial charge in [-0.3, -0.25) is 0 Å². The van der Waals surface area contributed by atoms with Crippen molar-refractivity contribution < 1.29 is 23.7 Å². The van der Waals surface area contributed by atoms with E-state index in [9.17, 15) is 4.79 Å². The van der Waals surface area contributed by atoms with Crippen molar-refractivity contribution in [3.8, 4) is 0 Å². The van der Waals surface area contributed by atoms with Gasteiger partial charge in [0.2, 0.25) is 0 Å². The summed E-state index contributed by atoms with van der Waals surface area (Å²) >= 11 is 0. The number of rotatable bonds is 4. The van der Waals surface area contributed by atoms with Crippen LogP contribution >= 0.6 is 8.58 Å². The van der Waals surface area contributed by atoms with Crippen LogP contribution in [0.25, 0.3) is 0 Å². The predicted molar refractivity (Wildman–Crippen MR) is 76.4 cm³/mol. The molecule has 3 heteroatoms. The van der Waals surface area contributed by atoms with E-state index in [1.54, 1.807) is 0 Å². The first-order chi connectivity index (χ1) is 7.88. The minimum Gasteiger partial charge on any atom is -0.457 e. The molecule has 94 valence electrons. The number of carbonyl (C=O) groups excluding carboxylic acids is 1. The summed E-state index contributed by atoms with van der Waals surface area (Å²) in [7, 11) is 0.932. The molecule has 1 rings (SSSR count). The Kier molecular flexibility index (Phi) is 7.46. The summed E-state index contributed by atoms with van der Waals surface area (Å²) in [4.78, 5) is 12.3.